The van der Waals surface area contributed by atoms with Gasteiger partial charge in [0, 0.05) is 13.3 Å². The lowest BCUT2D eigenvalue weighted by molar-refractivity contribution is -0.118. The molecule has 0 spiro atoms. The van der Waals surface area contributed by atoms with Crippen molar-refractivity contribution in [2.24, 2.45) is 27.2 Å². The second kappa shape index (κ2) is 4.92. The molecule has 5 heteroatoms. The second-order valence-corrected chi connectivity index (χ2v) is 5.67. The van der Waals surface area contributed by atoms with Gasteiger partial charge in [0.1, 0.15) is 5.92 Å². The Labute approximate surface area is 108 Å². The SMILES string of the molecule is C=C1C(=NC(C)C(C)(C)C)C(C(N)=O)C=NN1C. The van der Waals surface area contributed by atoms with Gasteiger partial charge < -0.3 is 5.73 Å². The first kappa shape index (κ1) is 14.4. The van der Waals surface area contributed by atoms with E-state index in [0.29, 0.717) is 11.4 Å². The molecular formula is C13H22N4O. The maximum absolute atomic E-state index is 11.4. The van der Waals surface area contributed by atoms with Gasteiger partial charge in [-0.25, -0.2) is 0 Å². The first-order valence-electron chi connectivity index (χ1n) is 5.98. The average molecular weight is 250 g/mol. The van der Waals surface area contributed by atoms with Gasteiger partial charge in [-0.05, 0) is 12.3 Å². The minimum absolute atomic E-state index is 0.0165. The van der Waals surface area contributed by atoms with E-state index < -0.39 is 11.8 Å². The number of hydrogen-bond donors (Lipinski definition) is 1. The van der Waals surface area contributed by atoms with Gasteiger partial charge in [0.2, 0.25) is 5.91 Å². The molecule has 1 aliphatic heterocycles. The summed E-state index contributed by atoms with van der Waals surface area (Å²) in [5, 5.41) is 5.67. The molecule has 0 aromatic rings. The Balaban J connectivity index is 3.16. The number of rotatable bonds is 2. The zero-order valence-electron chi connectivity index (χ0n) is 11.8. The molecule has 0 aliphatic carbocycles. The third-order valence-electron chi connectivity index (χ3n) is 3.26. The Kier molecular flexibility index (Phi) is 3.94. The lowest BCUT2D eigenvalue weighted by Gasteiger charge is -2.30. The van der Waals surface area contributed by atoms with Crippen molar-refractivity contribution in [2.45, 2.75) is 33.7 Å². The van der Waals surface area contributed by atoms with E-state index in [1.807, 2.05) is 6.92 Å². The van der Waals surface area contributed by atoms with Crippen LogP contribution in [0.1, 0.15) is 27.7 Å². The first-order valence-corrected chi connectivity index (χ1v) is 5.98. The molecule has 2 N–H and O–H groups in total. The number of amides is 1. The molecule has 0 aromatic carbocycles. The van der Waals surface area contributed by atoms with Gasteiger partial charge >= 0.3 is 0 Å². The standard InChI is InChI=1S/C13H22N4O/c1-8-11(16-9(2)13(3,4)5)10(12(14)18)7-15-17(8)6/h7,9-10H,1H2,2-6H3,(H2,14,18). The predicted molar refractivity (Wildman–Crippen MR) is 74.4 cm³/mol. The van der Waals surface area contributed by atoms with Crippen molar-refractivity contribution in [2.75, 3.05) is 7.05 Å². The smallest absolute Gasteiger partial charge is 0.232 e. The van der Waals surface area contributed by atoms with Crippen LogP contribution in [0.4, 0.5) is 0 Å². The Bertz CT molecular complexity index is 417. The van der Waals surface area contributed by atoms with Crippen molar-refractivity contribution in [1.29, 1.82) is 0 Å². The van der Waals surface area contributed by atoms with Gasteiger partial charge in [0.05, 0.1) is 17.5 Å². The highest BCUT2D eigenvalue weighted by molar-refractivity contribution is 6.22. The molecule has 2 unspecified atom stereocenters. The molecule has 2 atom stereocenters. The molecule has 1 rings (SSSR count). The van der Waals surface area contributed by atoms with Crippen LogP contribution in [0.3, 0.4) is 0 Å². The highest BCUT2D eigenvalue weighted by atomic mass is 16.1. The number of carbonyl (C=O) groups excluding carboxylic acids is 1. The van der Waals surface area contributed by atoms with E-state index in [4.69, 9.17) is 5.73 Å². The van der Waals surface area contributed by atoms with Crippen LogP contribution in [0.2, 0.25) is 0 Å². The van der Waals surface area contributed by atoms with E-state index in [0.717, 1.165) is 0 Å². The van der Waals surface area contributed by atoms with Crippen LogP contribution in [-0.2, 0) is 4.79 Å². The van der Waals surface area contributed by atoms with Gasteiger partial charge in [0.15, 0.2) is 0 Å². The molecule has 1 heterocycles. The van der Waals surface area contributed by atoms with E-state index >= 15 is 0 Å². The number of primary amides is 1. The normalized spacial score (nSPS) is 24.5. The van der Waals surface area contributed by atoms with Crippen LogP contribution < -0.4 is 5.73 Å². The lowest BCUT2D eigenvalue weighted by atomic mass is 9.87. The summed E-state index contributed by atoms with van der Waals surface area (Å²) < 4.78 is 0. The van der Waals surface area contributed by atoms with Gasteiger partial charge in [-0.15, -0.1) is 0 Å². The Hall–Kier alpha value is -1.65. The number of nitrogens with zero attached hydrogens (tertiary/aromatic N) is 3. The highest BCUT2D eigenvalue weighted by Gasteiger charge is 2.30. The van der Waals surface area contributed by atoms with Crippen molar-refractivity contribution in [3.05, 3.63) is 12.3 Å². The molecule has 0 saturated heterocycles. The van der Waals surface area contributed by atoms with Crippen molar-refractivity contribution < 1.29 is 4.79 Å². The molecular weight excluding hydrogens is 228 g/mol. The van der Waals surface area contributed by atoms with E-state index in [9.17, 15) is 4.79 Å². The van der Waals surface area contributed by atoms with Gasteiger partial charge in [-0.3, -0.25) is 14.8 Å². The topological polar surface area (TPSA) is 71.0 Å². The monoisotopic (exact) mass is 250 g/mol. The fourth-order valence-electron chi connectivity index (χ4n) is 1.42. The summed E-state index contributed by atoms with van der Waals surface area (Å²) in [6.45, 7) is 12.2. The number of nitrogens with two attached hydrogens (primary N) is 1. The van der Waals surface area contributed by atoms with E-state index in [-0.39, 0.29) is 11.5 Å². The second-order valence-electron chi connectivity index (χ2n) is 5.67. The van der Waals surface area contributed by atoms with Gasteiger partial charge in [-0.1, -0.05) is 27.4 Å². The molecule has 0 aromatic heterocycles. The first-order chi connectivity index (χ1) is 8.14. The summed E-state index contributed by atoms with van der Waals surface area (Å²) in [4.78, 5) is 16.1. The number of carbonyl (C=O) groups is 1. The fraction of sp³-hybridized carbons (Fsp3) is 0.615. The molecule has 1 aliphatic rings. The predicted octanol–water partition coefficient (Wildman–Crippen LogP) is 1.41. The molecule has 18 heavy (non-hydrogen) atoms. The van der Waals surface area contributed by atoms with Crippen LogP contribution in [0.5, 0.6) is 0 Å². The van der Waals surface area contributed by atoms with Crippen molar-refractivity contribution in [1.82, 2.24) is 5.01 Å². The van der Waals surface area contributed by atoms with Crippen molar-refractivity contribution in [3.63, 3.8) is 0 Å². The molecule has 5 nitrogen and oxygen atoms in total. The molecule has 100 valence electrons. The summed E-state index contributed by atoms with van der Waals surface area (Å²) in [6.07, 6.45) is 1.52. The summed E-state index contributed by atoms with van der Waals surface area (Å²) >= 11 is 0. The summed E-state index contributed by atoms with van der Waals surface area (Å²) in [6, 6.07) is 0.0611. The number of hydrazone groups is 1. The lowest BCUT2D eigenvalue weighted by Crippen LogP contribution is -2.40. The summed E-state index contributed by atoms with van der Waals surface area (Å²) in [7, 11) is 1.77. The van der Waals surface area contributed by atoms with Crippen molar-refractivity contribution >= 4 is 17.8 Å². The van der Waals surface area contributed by atoms with Gasteiger partial charge in [-0.2, -0.15) is 5.10 Å². The fourth-order valence-corrected chi connectivity index (χ4v) is 1.42. The largest absolute Gasteiger partial charge is 0.369 e. The van der Waals surface area contributed by atoms with Crippen LogP contribution in [-0.4, -0.2) is 35.9 Å². The zero-order valence-corrected chi connectivity index (χ0v) is 11.8. The Morgan fingerprint density at radius 2 is 2.17 bits per heavy atom. The quantitative estimate of drug-likeness (QED) is 0.805. The average Bonchev–Trinajstić information content (AvgIpc) is 2.23. The maximum Gasteiger partial charge on any atom is 0.232 e. The highest BCUT2D eigenvalue weighted by Crippen LogP contribution is 2.24. The van der Waals surface area contributed by atoms with E-state index in [1.165, 1.54) is 6.21 Å². The molecule has 1 amide bonds. The zero-order chi connectivity index (χ0) is 14.1. The maximum atomic E-state index is 11.4. The minimum atomic E-state index is -0.585. The van der Waals surface area contributed by atoms with Crippen LogP contribution in [0, 0.1) is 11.3 Å². The van der Waals surface area contributed by atoms with Gasteiger partial charge in [0.25, 0.3) is 0 Å². The summed E-state index contributed by atoms with van der Waals surface area (Å²) in [5.41, 5.74) is 6.63. The third-order valence-corrected chi connectivity index (χ3v) is 3.26. The molecule has 0 radical (unpaired) electrons. The molecule has 0 fully saturated rings. The van der Waals surface area contributed by atoms with Crippen LogP contribution >= 0.6 is 0 Å². The third kappa shape index (κ3) is 2.97. The summed E-state index contributed by atoms with van der Waals surface area (Å²) in [5.74, 6) is -1.04. The van der Waals surface area contributed by atoms with E-state index in [2.05, 4.69) is 37.4 Å². The van der Waals surface area contributed by atoms with E-state index in [1.54, 1.807) is 12.1 Å². The molecule has 0 saturated carbocycles. The van der Waals surface area contributed by atoms with Crippen LogP contribution in [0.25, 0.3) is 0 Å². The number of aliphatic imine (C=N–C) groups is 1. The molecule has 0 bridgehead atoms. The number of allylic oxidation sites excluding steroid dienone is 1. The van der Waals surface area contributed by atoms with Crippen LogP contribution in [0.15, 0.2) is 22.4 Å². The Morgan fingerprint density at radius 1 is 1.61 bits per heavy atom. The van der Waals surface area contributed by atoms with Crippen molar-refractivity contribution in [3.8, 4) is 0 Å². The Morgan fingerprint density at radius 3 is 2.61 bits per heavy atom. The number of hydrogen-bond acceptors (Lipinski definition) is 4. The minimum Gasteiger partial charge on any atom is -0.369 e.